The maximum atomic E-state index is 12.3. The largest absolute Gasteiger partial charge is 0.333 e. The molecule has 1 aromatic carbocycles. The lowest BCUT2D eigenvalue weighted by Gasteiger charge is -2.38. The average molecular weight is 298 g/mol. The van der Waals surface area contributed by atoms with Gasteiger partial charge in [-0.2, -0.15) is 0 Å². The van der Waals surface area contributed by atoms with E-state index in [0.29, 0.717) is 12.1 Å². The SMILES string of the molecule is C[C@@H]1CCC[C@H](C)N1NC(=O)Nc1cccc2cnccc12. The summed E-state index contributed by atoms with van der Waals surface area (Å²) in [6.45, 7) is 4.30. The third-order valence-corrected chi connectivity index (χ3v) is 4.35. The summed E-state index contributed by atoms with van der Waals surface area (Å²) >= 11 is 0. The number of urea groups is 1. The minimum Gasteiger partial charge on any atom is -0.306 e. The molecule has 116 valence electrons. The highest BCUT2D eigenvalue weighted by Gasteiger charge is 2.26. The van der Waals surface area contributed by atoms with Gasteiger partial charge in [-0.1, -0.05) is 18.6 Å². The van der Waals surface area contributed by atoms with Crippen molar-refractivity contribution in [1.82, 2.24) is 15.4 Å². The Morgan fingerprint density at radius 2 is 2.00 bits per heavy atom. The number of amides is 2. The van der Waals surface area contributed by atoms with Crippen LogP contribution in [0.25, 0.3) is 10.8 Å². The number of benzene rings is 1. The zero-order valence-corrected chi connectivity index (χ0v) is 13.0. The topological polar surface area (TPSA) is 57.3 Å². The second-order valence-corrected chi connectivity index (χ2v) is 6.00. The Hall–Kier alpha value is -2.14. The second kappa shape index (κ2) is 6.32. The Morgan fingerprint density at radius 1 is 1.23 bits per heavy atom. The summed E-state index contributed by atoms with van der Waals surface area (Å²) in [6, 6.07) is 8.27. The number of carbonyl (C=O) groups is 1. The van der Waals surface area contributed by atoms with Gasteiger partial charge in [0.15, 0.2) is 0 Å². The van der Waals surface area contributed by atoms with Crippen LogP contribution in [-0.2, 0) is 0 Å². The quantitative estimate of drug-likeness (QED) is 0.891. The van der Waals surface area contributed by atoms with Gasteiger partial charge >= 0.3 is 6.03 Å². The summed E-state index contributed by atoms with van der Waals surface area (Å²) in [6.07, 6.45) is 6.99. The van der Waals surface area contributed by atoms with Crippen molar-refractivity contribution in [1.29, 1.82) is 0 Å². The van der Waals surface area contributed by atoms with Crippen molar-refractivity contribution < 1.29 is 4.79 Å². The fraction of sp³-hybridized carbons (Fsp3) is 0.412. The van der Waals surface area contributed by atoms with Crippen molar-refractivity contribution >= 4 is 22.5 Å². The molecule has 0 spiro atoms. The monoisotopic (exact) mass is 298 g/mol. The zero-order valence-electron chi connectivity index (χ0n) is 13.0. The van der Waals surface area contributed by atoms with Gasteiger partial charge in [0.05, 0.1) is 5.69 Å². The molecule has 2 heterocycles. The van der Waals surface area contributed by atoms with E-state index in [1.54, 1.807) is 12.4 Å². The van der Waals surface area contributed by atoms with E-state index in [4.69, 9.17) is 0 Å². The molecule has 0 aliphatic carbocycles. The molecule has 2 N–H and O–H groups in total. The lowest BCUT2D eigenvalue weighted by molar-refractivity contribution is 0.0625. The van der Waals surface area contributed by atoms with Crippen LogP contribution in [0.4, 0.5) is 10.5 Å². The molecule has 2 atom stereocenters. The van der Waals surface area contributed by atoms with Crippen molar-refractivity contribution in [2.24, 2.45) is 0 Å². The second-order valence-electron chi connectivity index (χ2n) is 6.00. The molecule has 2 amide bonds. The Morgan fingerprint density at radius 3 is 2.77 bits per heavy atom. The highest BCUT2D eigenvalue weighted by molar-refractivity contribution is 6.01. The van der Waals surface area contributed by atoms with Crippen molar-refractivity contribution in [2.75, 3.05) is 5.32 Å². The number of hydrogen-bond acceptors (Lipinski definition) is 3. The highest BCUT2D eigenvalue weighted by atomic mass is 16.2. The van der Waals surface area contributed by atoms with Crippen LogP contribution >= 0.6 is 0 Å². The molecule has 1 fully saturated rings. The van der Waals surface area contributed by atoms with Gasteiger partial charge in [-0.05, 0) is 38.8 Å². The fourth-order valence-corrected chi connectivity index (χ4v) is 3.14. The highest BCUT2D eigenvalue weighted by Crippen LogP contribution is 2.23. The summed E-state index contributed by atoms with van der Waals surface area (Å²) in [7, 11) is 0. The maximum Gasteiger partial charge on any atom is 0.333 e. The molecule has 0 radical (unpaired) electrons. The maximum absolute atomic E-state index is 12.3. The predicted molar refractivity (Wildman–Crippen MR) is 88.5 cm³/mol. The molecule has 1 aliphatic heterocycles. The number of rotatable bonds is 2. The number of piperidine rings is 1. The van der Waals surface area contributed by atoms with Crippen LogP contribution in [0.1, 0.15) is 33.1 Å². The molecule has 22 heavy (non-hydrogen) atoms. The van der Waals surface area contributed by atoms with E-state index in [-0.39, 0.29) is 6.03 Å². The van der Waals surface area contributed by atoms with Crippen LogP contribution in [0.2, 0.25) is 0 Å². The number of pyridine rings is 1. The van der Waals surface area contributed by atoms with E-state index in [1.165, 1.54) is 6.42 Å². The van der Waals surface area contributed by atoms with Crippen LogP contribution in [0.3, 0.4) is 0 Å². The first-order valence-corrected chi connectivity index (χ1v) is 7.84. The minimum atomic E-state index is -0.190. The molecule has 1 saturated heterocycles. The summed E-state index contributed by atoms with van der Waals surface area (Å²) < 4.78 is 0. The van der Waals surface area contributed by atoms with Crippen molar-refractivity contribution in [3.05, 3.63) is 36.7 Å². The van der Waals surface area contributed by atoms with Crippen LogP contribution in [0.5, 0.6) is 0 Å². The third-order valence-electron chi connectivity index (χ3n) is 4.35. The van der Waals surface area contributed by atoms with E-state index < -0.39 is 0 Å². The minimum absolute atomic E-state index is 0.190. The Bertz CT molecular complexity index is 657. The molecule has 3 rings (SSSR count). The first kappa shape index (κ1) is 14.8. The van der Waals surface area contributed by atoms with Crippen LogP contribution in [0.15, 0.2) is 36.7 Å². The van der Waals surface area contributed by atoms with Crippen LogP contribution in [-0.4, -0.2) is 28.1 Å². The number of carbonyl (C=O) groups excluding carboxylic acids is 1. The van der Waals surface area contributed by atoms with Crippen LogP contribution in [0, 0.1) is 0 Å². The summed E-state index contributed by atoms with van der Waals surface area (Å²) in [5.41, 5.74) is 3.80. The van der Waals surface area contributed by atoms with Gasteiger partial charge in [0.25, 0.3) is 0 Å². The van der Waals surface area contributed by atoms with E-state index >= 15 is 0 Å². The van der Waals surface area contributed by atoms with Gasteiger partial charge in [0, 0.05) is 35.2 Å². The van der Waals surface area contributed by atoms with E-state index in [2.05, 4.69) is 34.6 Å². The normalized spacial score (nSPS) is 22.5. The molecule has 0 unspecified atom stereocenters. The average Bonchev–Trinajstić information content (AvgIpc) is 2.51. The Labute approximate surface area is 130 Å². The van der Waals surface area contributed by atoms with Crippen LogP contribution < -0.4 is 10.7 Å². The summed E-state index contributed by atoms with van der Waals surface area (Å²) in [5.74, 6) is 0. The zero-order chi connectivity index (χ0) is 15.5. The third kappa shape index (κ3) is 3.04. The summed E-state index contributed by atoms with van der Waals surface area (Å²) in [4.78, 5) is 16.4. The number of hydrogen-bond donors (Lipinski definition) is 2. The molecule has 0 saturated carbocycles. The number of nitrogens with zero attached hydrogens (tertiary/aromatic N) is 2. The lowest BCUT2D eigenvalue weighted by Crippen LogP contribution is -2.55. The summed E-state index contributed by atoms with van der Waals surface area (Å²) in [5, 5.41) is 7.02. The number of anilines is 1. The molecule has 1 aliphatic rings. The van der Waals surface area contributed by atoms with Gasteiger partial charge in [0.2, 0.25) is 0 Å². The molecular formula is C17H22N4O. The number of hydrazine groups is 1. The van der Waals surface area contributed by atoms with E-state index in [1.807, 2.05) is 24.3 Å². The van der Waals surface area contributed by atoms with Gasteiger partial charge < -0.3 is 5.32 Å². The molecule has 5 heteroatoms. The molecule has 2 aromatic rings. The van der Waals surface area contributed by atoms with Gasteiger partial charge in [-0.3, -0.25) is 10.4 Å². The predicted octanol–water partition coefficient (Wildman–Crippen LogP) is 3.53. The number of nitrogens with one attached hydrogen (secondary N) is 2. The molecular weight excluding hydrogens is 276 g/mol. The smallest absolute Gasteiger partial charge is 0.306 e. The van der Waals surface area contributed by atoms with Gasteiger partial charge in [-0.15, -0.1) is 0 Å². The molecule has 5 nitrogen and oxygen atoms in total. The fourth-order valence-electron chi connectivity index (χ4n) is 3.14. The van der Waals surface area contributed by atoms with E-state index in [9.17, 15) is 4.79 Å². The van der Waals surface area contributed by atoms with Crippen molar-refractivity contribution in [3.8, 4) is 0 Å². The standard InChI is InChI=1S/C17H22N4O/c1-12-5-3-6-13(2)21(12)20-17(22)19-16-8-4-7-14-11-18-10-9-15(14)16/h4,7-13H,3,5-6H2,1-2H3,(H2,19,20,22)/t12-,13+. The van der Waals surface area contributed by atoms with Gasteiger partial charge in [-0.25, -0.2) is 9.80 Å². The molecule has 0 bridgehead atoms. The first-order chi connectivity index (χ1) is 10.6. The van der Waals surface area contributed by atoms with Crippen molar-refractivity contribution in [2.45, 2.75) is 45.2 Å². The number of fused-ring (bicyclic) bond motifs is 1. The van der Waals surface area contributed by atoms with E-state index in [0.717, 1.165) is 29.3 Å². The molecule has 1 aromatic heterocycles. The Balaban J connectivity index is 1.73. The van der Waals surface area contributed by atoms with Gasteiger partial charge in [0.1, 0.15) is 0 Å². The lowest BCUT2D eigenvalue weighted by atomic mass is 10.00. The van der Waals surface area contributed by atoms with Crippen molar-refractivity contribution in [3.63, 3.8) is 0 Å². The Kier molecular flexibility index (Phi) is 4.24. The number of aromatic nitrogens is 1. The first-order valence-electron chi connectivity index (χ1n) is 7.84.